The van der Waals surface area contributed by atoms with E-state index in [0.29, 0.717) is 0 Å². The average Bonchev–Trinajstić information content (AvgIpc) is 2.59. The second kappa shape index (κ2) is 7.02. The second-order valence-corrected chi connectivity index (χ2v) is 5.94. The molecule has 24 heavy (non-hydrogen) atoms. The molecule has 0 aliphatic heterocycles. The fourth-order valence-electron chi connectivity index (χ4n) is 2.76. The Hall–Kier alpha value is -3.05. The van der Waals surface area contributed by atoms with Gasteiger partial charge in [0.05, 0.1) is 12.2 Å². The summed E-state index contributed by atoms with van der Waals surface area (Å²) in [5.41, 5.74) is 2.90. The molecule has 0 heterocycles. The zero-order chi connectivity index (χ0) is 16.9. The Kier molecular flexibility index (Phi) is 4.63. The lowest BCUT2D eigenvalue weighted by molar-refractivity contribution is 0.242. The van der Waals surface area contributed by atoms with Crippen molar-refractivity contribution in [2.24, 2.45) is 0 Å². The first-order valence-corrected chi connectivity index (χ1v) is 8.03. The van der Waals surface area contributed by atoms with E-state index in [0.717, 1.165) is 27.8 Å². The Bertz CT molecular complexity index is 932. The SMILES string of the molecule is CC(C)Oc1cccc(/C(=C/C#N)c2ccc3ccccc3c2)c1. The highest BCUT2D eigenvalue weighted by Crippen LogP contribution is 2.29. The Morgan fingerprint density at radius 2 is 1.67 bits per heavy atom. The summed E-state index contributed by atoms with van der Waals surface area (Å²) in [5.74, 6) is 0.812. The summed E-state index contributed by atoms with van der Waals surface area (Å²) in [7, 11) is 0. The van der Waals surface area contributed by atoms with E-state index < -0.39 is 0 Å². The smallest absolute Gasteiger partial charge is 0.120 e. The summed E-state index contributed by atoms with van der Waals surface area (Å²) < 4.78 is 5.78. The number of ether oxygens (including phenoxy) is 1. The molecule has 0 fully saturated rings. The van der Waals surface area contributed by atoms with Crippen LogP contribution in [0.25, 0.3) is 16.3 Å². The number of hydrogen-bond acceptors (Lipinski definition) is 2. The zero-order valence-corrected chi connectivity index (χ0v) is 13.9. The summed E-state index contributed by atoms with van der Waals surface area (Å²) in [6.07, 6.45) is 1.71. The Balaban J connectivity index is 2.06. The van der Waals surface area contributed by atoms with Gasteiger partial charge >= 0.3 is 0 Å². The molecule has 0 aliphatic rings. The van der Waals surface area contributed by atoms with Crippen molar-refractivity contribution in [2.75, 3.05) is 0 Å². The van der Waals surface area contributed by atoms with E-state index in [-0.39, 0.29) is 6.10 Å². The highest BCUT2D eigenvalue weighted by Gasteiger charge is 2.08. The van der Waals surface area contributed by atoms with E-state index in [1.165, 1.54) is 5.39 Å². The van der Waals surface area contributed by atoms with Crippen LogP contribution in [0.2, 0.25) is 0 Å². The van der Waals surface area contributed by atoms with Gasteiger partial charge in [0.15, 0.2) is 0 Å². The van der Waals surface area contributed by atoms with E-state index in [2.05, 4.69) is 36.4 Å². The molecule has 0 N–H and O–H groups in total. The maximum atomic E-state index is 9.23. The Morgan fingerprint density at radius 3 is 2.42 bits per heavy atom. The third kappa shape index (κ3) is 3.47. The first-order chi connectivity index (χ1) is 11.7. The number of allylic oxidation sites excluding steroid dienone is 1. The maximum Gasteiger partial charge on any atom is 0.120 e. The standard InChI is InChI=1S/C22H19NO/c1-16(2)24-21-9-5-8-19(15-21)22(12-13-23)20-11-10-17-6-3-4-7-18(17)14-20/h3-12,14-16H,1-2H3/b22-12-. The molecule has 0 saturated carbocycles. The summed E-state index contributed by atoms with van der Waals surface area (Å²) in [6.45, 7) is 4.00. The molecule has 0 atom stereocenters. The van der Waals surface area contributed by atoms with Gasteiger partial charge in [-0.15, -0.1) is 0 Å². The van der Waals surface area contributed by atoms with Gasteiger partial charge in [-0.3, -0.25) is 0 Å². The fourth-order valence-corrected chi connectivity index (χ4v) is 2.76. The topological polar surface area (TPSA) is 33.0 Å². The summed E-state index contributed by atoms with van der Waals surface area (Å²) in [6, 6.07) is 24.5. The predicted octanol–water partition coefficient (Wildman–Crippen LogP) is 5.58. The highest BCUT2D eigenvalue weighted by molar-refractivity contribution is 5.90. The average molecular weight is 313 g/mol. The molecule has 0 unspecified atom stereocenters. The molecular weight excluding hydrogens is 294 g/mol. The Morgan fingerprint density at radius 1 is 0.917 bits per heavy atom. The first-order valence-electron chi connectivity index (χ1n) is 8.03. The molecule has 3 rings (SSSR count). The number of nitrogens with zero attached hydrogens (tertiary/aromatic N) is 1. The number of benzene rings is 3. The van der Waals surface area contributed by atoms with Crippen LogP contribution >= 0.6 is 0 Å². The van der Waals surface area contributed by atoms with E-state index >= 15 is 0 Å². The van der Waals surface area contributed by atoms with Gasteiger partial charge in [0.1, 0.15) is 5.75 Å². The van der Waals surface area contributed by atoms with Crippen molar-refractivity contribution in [2.45, 2.75) is 20.0 Å². The molecule has 2 nitrogen and oxygen atoms in total. The molecule has 3 aromatic rings. The summed E-state index contributed by atoms with van der Waals surface area (Å²) in [5, 5.41) is 11.6. The van der Waals surface area contributed by atoms with Crippen LogP contribution in [0.3, 0.4) is 0 Å². The molecule has 0 aliphatic carbocycles. The molecule has 2 heteroatoms. The van der Waals surface area contributed by atoms with E-state index in [9.17, 15) is 5.26 Å². The van der Waals surface area contributed by atoms with Gasteiger partial charge < -0.3 is 4.74 Å². The lowest BCUT2D eigenvalue weighted by Crippen LogP contribution is -2.05. The van der Waals surface area contributed by atoms with E-state index in [4.69, 9.17) is 4.74 Å². The lowest BCUT2D eigenvalue weighted by Gasteiger charge is -2.13. The molecule has 118 valence electrons. The first kappa shape index (κ1) is 15.8. The van der Waals surface area contributed by atoms with Crippen LogP contribution in [0.5, 0.6) is 5.75 Å². The van der Waals surface area contributed by atoms with Crippen LogP contribution in [-0.4, -0.2) is 6.10 Å². The number of rotatable bonds is 4. The van der Waals surface area contributed by atoms with Crippen LogP contribution in [0.15, 0.2) is 72.8 Å². The van der Waals surface area contributed by atoms with Gasteiger partial charge in [0.2, 0.25) is 0 Å². The lowest BCUT2D eigenvalue weighted by atomic mass is 9.95. The van der Waals surface area contributed by atoms with Gasteiger partial charge in [-0.1, -0.05) is 48.5 Å². The Labute approximate surface area is 142 Å². The molecule has 0 bridgehead atoms. The molecule has 0 radical (unpaired) electrons. The van der Waals surface area contributed by atoms with Crippen molar-refractivity contribution in [1.29, 1.82) is 5.26 Å². The molecule has 0 amide bonds. The third-order valence-electron chi connectivity index (χ3n) is 3.79. The van der Waals surface area contributed by atoms with Gasteiger partial charge in [-0.2, -0.15) is 5.26 Å². The zero-order valence-electron chi connectivity index (χ0n) is 13.9. The number of hydrogen-bond donors (Lipinski definition) is 0. The monoisotopic (exact) mass is 313 g/mol. The third-order valence-corrected chi connectivity index (χ3v) is 3.79. The van der Waals surface area contributed by atoms with Crippen LogP contribution in [0, 0.1) is 11.3 Å². The molecule has 3 aromatic carbocycles. The van der Waals surface area contributed by atoms with Crippen molar-refractivity contribution in [3.8, 4) is 11.8 Å². The molecule has 0 saturated heterocycles. The van der Waals surface area contributed by atoms with Crippen molar-refractivity contribution in [1.82, 2.24) is 0 Å². The molecular formula is C22H19NO. The van der Waals surface area contributed by atoms with Gasteiger partial charge in [-0.05, 0) is 59.5 Å². The normalized spacial score (nSPS) is 11.5. The molecule has 0 aromatic heterocycles. The minimum Gasteiger partial charge on any atom is -0.491 e. The van der Waals surface area contributed by atoms with Crippen molar-refractivity contribution in [3.05, 3.63) is 83.9 Å². The minimum atomic E-state index is 0.115. The highest BCUT2D eigenvalue weighted by atomic mass is 16.5. The van der Waals surface area contributed by atoms with Crippen molar-refractivity contribution in [3.63, 3.8) is 0 Å². The summed E-state index contributed by atoms with van der Waals surface area (Å²) in [4.78, 5) is 0. The van der Waals surface area contributed by atoms with Gasteiger partial charge in [-0.25, -0.2) is 0 Å². The number of nitriles is 1. The van der Waals surface area contributed by atoms with E-state index in [1.807, 2.05) is 50.2 Å². The van der Waals surface area contributed by atoms with Crippen LogP contribution in [0.4, 0.5) is 0 Å². The largest absolute Gasteiger partial charge is 0.491 e. The van der Waals surface area contributed by atoms with Crippen LogP contribution < -0.4 is 4.74 Å². The molecule has 0 spiro atoms. The predicted molar refractivity (Wildman–Crippen MR) is 98.8 cm³/mol. The minimum absolute atomic E-state index is 0.115. The second-order valence-electron chi connectivity index (χ2n) is 5.94. The van der Waals surface area contributed by atoms with Crippen LogP contribution in [-0.2, 0) is 0 Å². The fraction of sp³-hybridized carbons (Fsp3) is 0.136. The maximum absolute atomic E-state index is 9.23. The van der Waals surface area contributed by atoms with Crippen molar-refractivity contribution < 1.29 is 4.74 Å². The quantitative estimate of drug-likeness (QED) is 0.589. The van der Waals surface area contributed by atoms with Gasteiger partial charge in [0, 0.05) is 6.08 Å². The summed E-state index contributed by atoms with van der Waals surface area (Å²) >= 11 is 0. The van der Waals surface area contributed by atoms with E-state index in [1.54, 1.807) is 6.08 Å². The van der Waals surface area contributed by atoms with Gasteiger partial charge in [0.25, 0.3) is 0 Å². The van der Waals surface area contributed by atoms with Crippen molar-refractivity contribution >= 4 is 16.3 Å². The van der Waals surface area contributed by atoms with Crippen LogP contribution in [0.1, 0.15) is 25.0 Å². The number of fused-ring (bicyclic) bond motifs is 1.